The van der Waals surface area contributed by atoms with Crippen LogP contribution < -0.4 is 0 Å². The molecule has 3 heteroatoms. The average Bonchev–Trinajstić information content (AvgIpc) is 2.28. The van der Waals surface area contributed by atoms with Crippen molar-refractivity contribution in [1.29, 1.82) is 0 Å². The van der Waals surface area contributed by atoms with Crippen LogP contribution in [0.4, 0.5) is 0 Å². The van der Waals surface area contributed by atoms with Gasteiger partial charge >= 0.3 is 5.97 Å². The van der Waals surface area contributed by atoms with Crippen molar-refractivity contribution in [2.24, 2.45) is 5.92 Å². The molecule has 1 unspecified atom stereocenters. The van der Waals surface area contributed by atoms with Gasteiger partial charge in [-0.3, -0.25) is 9.59 Å². The van der Waals surface area contributed by atoms with E-state index in [0.29, 0.717) is 12.0 Å². The fourth-order valence-electron chi connectivity index (χ4n) is 1.69. The Hall–Kier alpha value is -1.64. The summed E-state index contributed by atoms with van der Waals surface area (Å²) in [6.07, 6.45) is 0.659. The number of benzene rings is 1. The second kappa shape index (κ2) is 6.18. The summed E-state index contributed by atoms with van der Waals surface area (Å²) in [6.45, 7) is 3.83. The first kappa shape index (κ1) is 13.4. The van der Waals surface area contributed by atoms with Gasteiger partial charge in [0.15, 0.2) is 5.78 Å². The number of rotatable bonds is 5. The number of methoxy groups -OCH3 is 1. The number of esters is 1. The lowest BCUT2D eigenvalue weighted by Crippen LogP contribution is -2.11. The molecule has 1 atom stereocenters. The van der Waals surface area contributed by atoms with Gasteiger partial charge < -0.3 is 4.74 Å². The number of Topliss-reactive ketones (excluding diaryl/α,β-unsaturated/α-hetero) is 1. The van der Waals surface area contributed by atoms with E-state index in [1.807, 2.05) is 32.0 Å². The van der Waals surface area contributed by atoms with Crippen LogP contribution in [0, 0.1) is 12.8 Å². The summed E-state index contributed by atoms with van der Waals surface area (Å²) in [5.74, 6) is -0.185. The summed E-state index contributed by atoms with van der Waals surface area (Å²) in [5.41, 5.74) is 1.78. The van der Waals surface area contributed by atoms with Crippen LogP contribution in [0.25, 0.3) is 0 Å². The van der Waals surface area contributed by atoms with E-state index in [1.54, 1.807) is 6.07 Å². The standard InChI is InChI=1S/C14H18O3/c1-10-5-4-6-12(7-10)13(15)8-11(2)9-14(16)17-3/h4-7,11H,8-9H2,1-3H3. The van der Waals surface area contributed by atoms with Gasteiger partial charge in [0.1, 0.15) is 0 Å². The summed E-state index contributed by atoms with van der Waals surface area (Å²) >= 11 is 0. The van der Waals surface area contributed by atoms with Gasteiger partial charge in [0.25, 0.3) is 0 Å². The van der Waals surface area contributed by atoms with E-state index in [0.717, 1.165) is 5.56 Å². The zero-order valence-corrected chi connectivity index (χ0v) is 10.5. The lowest BCUT2D eigenvalue weighted by molar-refractivity contribution is -0.141. The molecule has 0 spiro atoms. The smallest absolute Gasteiger partial charge is 0.305 e. The minimum atomic E-state index is -0.269. The predicted octanol–water partition coefficient (Wildman–Crippen LogP) is 2.77. The Balaban J connectivity index is 2.57. The maximum Gasteiger partial charge on any atom is 0.305 e. The molecule has 0 N–H and O–H groups in total. The van der Waals surface area contributed by atoms with Gasteiger partial charge in [0.2, 0.25) is 0 Å². The first-order chi connectivity index (χ1) is 8.02. The SMILES string of the molecule is COC(=O)CC(C)CC(=O)c1cccc(C)c1. The van der Waals surface area contributed by atoms with Gasteiger partial charge in [-0.15, -0.1) is 0 Å². The van der Waals surface area contributed by atoms with Gasteiger partial charge in [-0.2, -0.15) is 0 Å². The maximum atomic E-state index is 11.9. The van der Waals surface area contributed by atoms with E-state index in [2.05, 4.69) is 4.74 Å². The molecule has 3 nitrogen and oxygen atoms in total. The van der Waals surface area contributed by atoms with Gasteiger partial charge in [0, 0.05) is 18.4 Å². The summed E-state index contributed by atoms with van der Waals surface area (Å²) in [5, 5.41) is 0. The van der Waals surface area contributed by atoms with Crippen LogP contribution in [-0.2, 0) is 9.53 Å². The average molecular weight is 234 g/mol. The molecule has 0 aliphatic carbocycles. The molecule has 0 amide bonds. The molecule has 0 aliphatic rings. The third-order valence-electron chi connectivity index (χ3n) is 2.62. The van der Waals surface area contributed by atoms with Gasteiger partial charge in [-0.25, -0.2) is 0 Å². The van der Waals surface area contributed by atoms with Crippen LogP contribution in [0.1, 0.15) is 35.7 Å². The van der Waals surface area contributed by atoms with Crippen molar-refractivity contribution >= 4 is 11.8 Å². The fourth-order valence-corrected chi connectivity index (χ4v) is 1.69. The number of hydrogen-bond donors (Lipinski definition) is 0. The number of hydrogen-bond acceptors (Lipinski definition) is 3. The minimum absolute atomic E-state index is 0.00969. The highest BCUT2D eigenvalue weighted by Crippen LogP contribution is 2.14. The van der Waals surface area contributed by atoms with Crippen molar-refractivity contribution in [2.45, 2.75) is 26.7 Å². The number of carbonyl (C=O) groups is 2. The summed E-state index contributed by atoms with van der Waals surface area (Å²) in [6, 6.07) is 7.50. The van der Waals surface area contributed by atoms with Gasteiger partial charge in [-0.1, -0.05) is 30.7 Å². The number of ether oxygens (including phenoxy) is 1. The zero-order valence-electron chi connectivity index (χ0n) is 10.5. The van der Waals surface area contributed by atoms with Crippen LogP contribution in [-0.4, -0.2) is 18.9 Å². The van der Waals surface area contributed by atoms with Crippen molar-refractivity contribution in [2.75, 3.05) is 7.11 Å². The molecule has 0 radical (unpaired) electrons. The van der Waals surface area contributed by atoms with E-state index >= 15 is 0 Å². The Bertz CT molecular complexity index is 410. The van der Waals surface area contributed by atoms with E-state index in [4.69, 9.17) is 0 Å². The van der Waals surface area contributed by atoms with E-state index < -0.39 is 0 Å². The Morgan fingerprint density at radius 1 is 1.29 bits per heavy atom. The van der Waals surface area contributed by atoms with Crippen molar-refractivity contribution in [3.05, 3.63) is 35.4 Å². The Morgan fingerprint density at radius 2 is 2.00 bits per heavy atom. The molecule has 0 heterocycles. The van der Waals surface area contributed by atoms with E-state index in [1.165, 1.54) is 7.11 Å². The molecule has 1 rings (SSSR count). The molecule has 0 fully saturated rings. The number of aryl methyl sites for hydroxylation is 1. The lowest BCUT2D eigenvalue weighted by Gasteiger charge is -2.09. The number of carbonyl (C=O) groups excluding carboxylic acids is 2. The minimum Gasteiger partial charge on any atom is -0.469 e. The Labute approximate surface area is 102 Å². The van der Waals surface area contributed by atoms with Crippen LogP contribution in [0.5, 0.6) is 0 Å². The molecule has 1 aromatic carbocycles. The second-order valence-electron chi connectivity index (χ2n) is 4.38. The largest absolute Gasteiger partial charge is 0.469 e. The van der Waals surface area contributed by atoms with Crippen LogP contribution in [0.15, 0.2) is 24.3 Å². The predicted molar refractivity (Wildman–Crippen MR) is 65.9 cm³/mol. The first-order valence-electron chi connectivity index (χ1n) is 5.69. The Morgan fingerprint density at radius 3 is 2.59 bits per heavy atom. The summed E-state index contributed by atoms with van der Waals surface area (Å²) in [4.78, 5) is 23.0. The van der Waals surface area contributed by atoms with Gasteiger partial charge in [-0.05, 0) is 18.9 Å². The van der Waals surface area contributed by atoms with Crippen LogP contribution in [0.2, 0.25) is 0 Å². The normalized spacial score (nSPS) is 11.9. The zero-order chi connectivity index (χ0) is 12.8. The highest BCUT2D eigenvalue weighted by Gasteiger charge is 2.14. The fraction of sp³-hybridized carbons (Fsp3) is 0.429. The van der Waals surface area contributed by atoms with Crippen molar-refractivity contribution in [3.63, 3.8) is 0 Å². The quantitative estimate of drug-likeness (QED) is 0.581. The second-order valence-corrected chi connectivity index (χ2v) is 4.38. The molecule has 0 bridgehead atoms. The van der Waals surface area contributed by atoms with Gasteiger partial charge in [0.05, 0.1) is 7.11 Å². The third-order valence-corrected chi connectivity index (χ3v) is 2.62. The molecule has 0 saturated heterocycles. The highest BCUT2D eigenvalue weighted by atomic mass is 16.5. The summed E-state index contributed by atoms with van der Waals surface area (Å²) < 4.78 is 4.58. The molecule has 0 saturated carbocycles. The molecular weight excluding hydrogens is 216 g/mol. The molecule has 17 heavy (non-hydrogen) atoms. The topological polar surface area (TPSA) is 43.4 Å². The molecule has 92 valence electrons. The highest BCUT2D eigenvalue weighted by molar-refractivity contribution is 5.96. The number of ketones is 1. The Kier molecular flexibility index (Phi) is 4.88. The van der Waals surface area contributed by atoms with Crippen molar-refractivity contribution < 1.29 is 14.3 Å². The van der Waals surface area contributed by atoms with Crippen LogP contribution >= 0.6 is 0 Å². The first-order valence-corrected chi connectivity index (χ1v) is 5.69. The van der Waals surface area contributed by atoms with E-state index in [-0.39, 0.29) is 24.1 Å². The third kappa shape index (κ3) is 4.39. The lowest BCUT2D eigenvalue weighted by atomic mass is 9.96. The monoisotopic (exact) mass is 234 g/mol. The van der Waals surface area contributed by atoms with E-state index in [9.17, 15) is 9.59 Å². The van der Waals surface area contributed by atoms with Crippen LogP contribution in [0.3, 0.4) is 0 Å². The van der Waals surface area contributed by atoms with Crippen molar-refractivity contribution in [3.8, 4) is 0 Å². The van der Waals surface area contributed by atoms with Crippen molar-refractivity contribution in [1.82, 2.24) is 0 Å². The maximum absolute atomic E-state index is 11.9. The molecule has 1 aromatic rings. The molecular formula is C14H18O3. The summed E-state index contributed by atoms with van der Waals surface area (Å²) in [7, 11) is 1.36. The molecule has 0 aliphatic heterocycles. The molecule has 0 aromatic heterocycles.